The van der Waals surface area contributed by atoms with Crippen molar-refractivity contribution >= 4 is 21.6 Å². The zero-order valence-corrected chi connectivity index (χ0v) is 12.9. The van der Waals surface area contributed by atoms with Crippen LogP contribution in [0, 0.1) is 0 Å². The van der Waals surface area contributed by atoms with Gasteiger partial charge in [-0.3, -0.25) is 0 Å². The monoisotopic (exact) mass is 328 g/mol. The van der Waals surface area contributed by atoms with E-state index in [1.165, 1.54) is 12.1 Å². The number of sulfonamides is 1. The fraction of sp³-hybridized carbons (Fsp3) is 0.308. The number of nitrogens with one attached hydrogen (secondary N) is 1. The molecule has 8 heteroatoms. The Morgan fingerprint density at radius 2 is 2.19 bits per heavy atom. The van der Waals surface area contributed by atoms with Crippen molar-refractivity contribution < 1.29 is 8.42 Å². The zero-order chi connectivity index (χ0) is 15.3. The highest BCUT2D eigenvalue weighted by Gasteiger charge is 2.14. The summed E-state index contributed by atoms with van der Waals surface area (Å²) >= 11 is 5.98. The Balaban J connectivity index is 1.93. The summed E-state index contributed by atoms with van der Waals surface area (Å²) in [6, 6.07) is 4.55. The van der Waals surface area contributed by atoms with Crippen molar-refractivity contribution in [2.24, 2.45) is 5.73 Å². The predicted molar refractivity (Wildman–Crippen MR) is 81.4 cm³/mol. The highest BCUT2D eigenvalue weighted by atomic mass is 35.5. The summed E-state index contributed by atoms with van der Waals surface area (Å²) in [6.07, 6.45) is 5.88. The van der Waals surface area contributed by atoms with E-state index in [1.807, 2.05) is 10.8 Å². The van der Waals surface area contributed by atoms with Gasteiger partial charge >= 0.3 is 0 Å². The highest BCUT2D eigenvalue weighted by Crippen LogP contribution is 2.20. The molecule has 0 spiro atoms. The molecule has 21 heavy (non-hydrogen) atoms. The maximum atomic E-state index is 12.1. The lowest BCUT2D eigenvalue weighted by Gasteiger charge is -2.09. The summed E-state index contributed by atoms with van der Waals surface area (Å²) in [7, 11) is -3.55. The Kier molecular flexibility index (Phi) is 5.35. The van der Waals surface area contributed by atoms with Crippen molar-refractivity contribution in [3.63, 3.8) is 0 Å². The van der Waals surface area contributed by atoms with Gasteiger partial charge in [0.2, 0.25) is 10.0 Å². The van der Waals surface area contributed by atoms with Gasteiger partial charge in [0.1, 0.15) is 0 Å². The maximum Gasteiger partial charge on any atom is 0.240 e. The molecule has 0 saturated heterocycles. The van der Waals surface area contributed by atoms with Gasteiger partial charge in [0, 0.05) is 37.1 Å². The third-order valence-corrected chi connectivity index (χ3v) is 4.81. The third-order valence-electron chi connectivity index (χ3n) is 3.00. The Morgan fingerprint density at radius 3 is 2.81 bits per heavy atom. The SMILES string of the molecule is NCc1ccc(S(=O)(=O)NCCCn2ccnc2)cc1Cl. The molecule has 0 unspecified atom stereocenters. The van der Waals surface area contributed by atoms with E-state index >= 15 is 0 Å². The Hall–Kier alpha value is -1.41. The Morgan fingerprint density at radius 1 is 1.38 bits per heavy atom. The highest BCUT2D eigenvalue weighted by molar-refractivity contribution is 7.89. The number of nitrogens with two attached hydrogens (primary N) is 1. The third kappa shape index (κ3) is 4.28. The molecule has 2 rings (SSSR count). The molecule has 0 saturated carbocycles. The van der Waals surface area contributed by atoms with Crippen molar-refractivity contribution in [1.82, 2.24) is 14.3 Å². The van der Waals surface area contributed by atoms with Gasteiger partial charge in [-0.1, -0.05) is 17.7 Å². The molecule has 1 heterocycles. The Bertz CT molecular complexity index is 686. The van der Waals surface area contributed by atoms with Crippen LogP contribution >= 0.6 is 11.6 Å². The standard InChI is InChI=1S/C13H17ClN4O2S/c14-13-8-12(3-2-11(13)9-15)21(19,20)17-4-1-6-18-7-5-16-10-18/h2-3,5,7-8,10,17H,1,4,6,9,15H2. The molecule has 0 radical (unpaired) electrons. The van der Waals surface area contributed by atoms with Gasteiger partial charge in [-0.2, -0.15) is 0 Å². The van der Waals surface area contributed by atoms with Crippen LogP contribution in [0.15, 0.2) is 41.8 Å². The van der Waals surface area contributed by atoms with Crippen molar-refractivity contribution in [1.29, 1.82) is 0 Å². The molecule has 114 valence electrons. The minimum atomic E-state index is -3.55. The van der Waals surface area contributed by atoms with E-state index in [9.17, 15) is 8.42 Å². The largest absolute Gasteiger partial charge is 0.337 e. The van der Waals surface area contributed by atoms with Crippen LogP contribution in [0.25, 0.3) is 0 Å². The lowest BCUT2D eigenvalue weighted by molar-refractivity contribution is 0.570. The fourth-order valence-electron chi connectivity index (χ4n) is 1.83. The molecule has 6 nitrogen and oxygen atoms in total. The quantitative estimate of drug-likeness (QED) is 0.751. The molecule has 0 atom stereocenters. The van der Waals surface area contributed by atoms with Gasteiger partial charge in [-0.25, -0.2) is 18.1 Å². The van der Waals surface area contributed by atoms with Crippen LogP contribution in [0.4, 0.5) is 0 Å². The lowest BCUT2D eigenvalue weighted by Crippen LogP contribution is -2.25. The van der Waals surface area contributed by atoms with E-state index in [4.69, 9.17) is 17.3 Å². The fourth-order valence-corrected chi connectivity index (χ4v) is 3.25. The summed E-state index contributed by atoms with van der Waals surface area (Å²) in [5.41, 5.74) is 6.22. The number of aryl methyl sites for hydroxylation is 1. The van der Waals surface area contributed by atoms with Gasteiger partial charge in [0.05, 0.1) is 11.2 Å². The predicted octanol–water partition coefficient (Wildman–Crippen LogP) is 1.36. The van der Waals surface area contributed by atoms with Gasteiger partial charge in [0.25, 0.3) is 0 Å². The van der Waals surface area contributed by atoms with Crippen LogP contribution in [-0.2, 0) is 23.1 Å². The van der Waals surface area contributed by atoms with Crippen LogP contribution < -0.4 is 10.5 Å². The van der Waals surface area contributed by atoms with E-state index in [2.05, 4.69) is 9.71 Å². The number of aromatic nitrogens is 2. The van der Waals surface area contributed by atoms with E-state index in [-0.39, 0.29) is 11.4 Å². The Labute approximate surface area is 129 Å². The number of rotatable bonds is 7. The van der Waals surface area contributed by atoms with E-state index in [1.54, 1.807) is 18.6 Å². The molecule has 0 bridgehead atoms. The zero-order valence-electron chi connectivity index (χ0n) is 11.4. The van der Waals surface area contributed by atoms with Gasteiger partial charge < -0.3 is 10.3 Å². The second-order valence-corrected chi connectivity index (χ2v) is 6.68. The van der Waals surface area contributed by atoms with Crippen LogP contribution in [-0.4, -0.2) is 24.5 Å². The van der Waals surface area contributed by atoms with Crippen molar-refractivity contribution in [3.05, 3.63) is 47.5 Å². The summed E-state index contributed by atoms with van der Waals surface area (Å²) in [6.45, 7) is 1.32. The number of hydrogen-bond donors (Lipinski definition) is 2. The number of benzene rings is 1. The summed E-state index contributed by atoms with van der Waals surface area (Å²) in [4.78, 5) is 4.07. The molecule has 2 aromatic rings. The minimum Gasteiger partial charge on any atom is -0.337 e. The van der Waals surface area contributed by atoms with Gasteiger partial charge in [0.15, 0.2) is 0 Å². The maximum absolute atomic E-state index is 12.1. The first-order chi connectivity index (χ1) is 10.0. The average Bonchev–Trinajstić information content (AvgIpc) is 2.97. The van der Waals surface area contributed by atoms with E-state index in [0.29, 0.717) is 24.5 Å². The van der Waals surface area contributed by atoms with Crippen molar-refractivity contribution in [3.8, 4) is 0 Å². The first-order valence-corrected chi connectivity index (χ1v) is 8.33. The first-order valence-electron chi connectivity index (χ1n) is 6.47. The summed E-state index contributed by atoms with van der Waals surface area (Å²) in [5, 5.41) is 0.360. The molecule has 1 aromatic heterocycles. The molecular weight excluding hydrogens is 312 g/mol. The smallest absolute Gasteiger partial charge is 0.240 e. The average molecular weight is 329 g/mol. The lowest BCUT2D eigenvalue weighted by atomic mass is 10.2. The van der Waals surface area contributed by atoms with Crippen LogP contribution in [0.3, 0.4) is 0 Å². The number of nitrogens with zero attached hydrogens (tertiary/aromatic N) is 2. The summed E-state index contributed by atoms with van der Waals surface area (Å²) in [5.74, 6) is 0. The number of hydrogen-bond acceptors (Lipinski definition) is 4. The van der Waals surface area contributed by atoms with Crippen LogP contribution in [0.2, 0.25) is 5.02 Å². The topological polar surface area (TPSA) is 90.0 Å². The normalized spacial score (nSPS) is 11.7. The minimum absolute atomic E-state index is 0.146. The molecule has 1 aromatic carbocycles. The molecular formula is C13H17ClN4O2S. The second-order valence-electron chi connectivity index (χ2n) is 4.51. The van der Waals surface area contributed by atoms with Crippen LogP contribution in [0.1, 0.15) is 12.0 Å². The molecule has 3 N–H and O–H groups in total. The van der Waals surface area contributed by atoms with E-state index < -0.39 is 10.0 Å². The number of imidazole rings is 1. The van der Waals surface area contributed by atoms with E-state index in [0.717, 1.165) is 5.56 Å². The van der Waals surface area contributed by atoms with Gasteiger partial charge in [-0.15, -0.1) is 0 Å². The molecule has 0 aliphatic rings. The number of halogens is 1. The molecule has 0 aliphatic carbocycles. The summed E-state index contributed by atoms with van der Waals surface area (Å²) < 4.78 is 28.7. The van der Waals surface area contributed by atoms with Crippen LogP contribution in [0.5, 0.6) is 0 Å². The second kappa shape index (κ2) is 7.04. The van der Waals surface area contributed by atoms with Gasteiger partial charge in [-0.05, 0) is 24.1 Å². The molecule has 0 amide bonds. The van der Waals surface area contributed by atoms with Crippen molar-refractivity contribution in [2.45, 2.75) is 24.4 Å². The molecule has 0 aliphatic heterocycles. The first kappa shape index (κ1) is 16.0. The van der Waals surface area contributed by atoms with Crippen molar-refractivity contribution in [2.75, 3.05) is 6.54 Å². The molecule has 0 fully saturated rings.